The van der Waals surface area contributed by atoms with Crippen molar-refractivity contribution in [3.05, 3.63) is 60.2 Å². The molecule has 2 unspecified atom stereocenters. The molecule has 0 fully saturated rings. The molecule has 1 aromatic carbocycles. The van der Waals surface area contributed by atoms with Crippen LogP contribution in [0.25, 0.3) is 0 Å². The van der Waals surface area contributed by atoms with Crippen LogP contribution in [-0.2, 0) is 11.3 Å². The van der Waals surface area contributed by atoms with Gasteiger partial charge in [0.2, 0.25) is 0 Å². The van der Waals surface area contributed by atoms with E-state index < -0.39 is 0 Å². The van der Waals surface area contributed by atoms with E-state index in [1.54, 1.807) is 0 Å². The van der Waals surface area contributed by atoms with Crippen LogP contribution in [0.2, 0.25) is 0 Å². The molecular weight excluding hydrogens is 264 g/mol. The highest BCUT2D eigenvalue weighted by molar-refractivity contribution is 9.09. The Labute approximate surface area is 105 Å². The quantitative estimate of drug-likeness (QED) is 0.764. The van der Waals surface area contributed by atoms with E-state index in [-0.39, 0.29) is 10.4 Å². The van der Waals surface area contributed by atoms with E-state index in [4.69, 9.17) is 4.74 Å². The summed E-state index contributed by atoms with van der Waals surface area (Å²) >= 11 is 3.62. The fourth-order valence-electron chi connectivity index (χ4n) is 1.63. The Morgan fingerprint density at radius 2 is 2.00 bits per heavy atom. The summed E-state index contributed by atoms with van der Waals surface area (Å²) < 4.78 is 5.98. The fourth-order valence-corrected chi connectivity index (χ4v) is 2.09. The smallest absolute Gasteiger partial charge is 0.100 e. The molecule has 0 aliphatic heterocycles. The summed E-state index contributed by atoms with van der Waals surface area (Å²) in [5, 5.41) is 0. The first-order valence-electron chi connectivity index (χ1n) is 5.39. The zero-order valence-electron chi connectivity index (χ0n) is 9.27. The lowest BCUT2D eigenvalue weighted by Crippen LogP contribution is -2.36. The lowest BCUT2D eigenvalue weighted by Gasteiger charge is -2.31. The van der Waals surface area contributed by atoms with E-state index in [0.29, 0.717) is 6.61 Å². The average Bonchev–Trinajstić information content (AvgIpc) is 2.32. The van der Waals surface area contributed by atoms with E-state index in [2.05, 4.69) is 47.1 Å². The summed E-state index contributed by atoms with van der Waals surface area (Å²) in [5.74, 6) is 0. The molecule has 0 bridgehead atoms. The van der Waals surface area contributed by atoms with Crippen molar-refractivity contribution in [2.75, 3.05) is 0 Å². The SMILES string of the molecule is CC1(OCc2ccccc2)C=CC=CC1Br. The van der Waals surface area contributed by atoms with Gasteiger partial charge in [0.05, 0.1) is 11.4 Å². The van der Waals surface area contributed by atoms with Gasteiger partial charge in [-0.1, -0.05) is 70.6 Å². The normalized spacial score (nSPS) is 28.2. The van der Waals surface area contributed by atoms with E-state index in [9.17, 15) is 0 Å². The Morgan fingerprint density at radius 3 is 2.69 bits per heavy atom. The van der Waals surface area contributed by atoms with Gasteiger partial charge in [-0.2, -0.15) is 0 Å². The van der Waals surface area contributed by atoms with Gasteiger partial charge in [-0.15, -0.1) is 0 Å². The first-order chi connectivity index (χ1) is 7.71. The number of benzene rings is 1. The number of hydrogen-bond donors (Lipinski definition) is 0. The Balaban J connectivity index is 2.00. The second-order valence-electron chi connectivity index (χ2n) is 4.10. The van der Waals surface area contributed by atoms with Gasteiger partial charge in [-0.25, -0.2) is 0 Å². The van der Waals surface area contributed by atoms with Crippen LogP contribution in [0.4, 0.5) is 0 Å². The molecule has 2 rings (SSSR count). The number of alkyl halides is 1. The second-order valence-corrected chi connectivity index (χ2v) is 5.09. The molecule has 0 radical (unpaired) electrons. The molecule has 2 heteroatoms. The molecule has 0 amide bonds. The highest BCUT2D eigenvalue weighted by Gasteiger charge is 2.30. The number of allylic oxidation sites excluding steroid dienone is 2. The van der Waals surface area contributed by atoms with Gasteiger partial charge in [0.15, 0.2) is 0 Å². The maximum absolute atomic E-state index is 5.98. The van der Waals surface area contributed by atoms with E-state index >= 15 is 0 Å². The predicted molar refractivity (Wildman–Crippen MR) is 70.6 cm³/mol. The standard InChI is InChI=1S/C14H15BrO/c1-14(10-6-5-9-13(14)15)16-11-12-7-3-2-4-8-12/h2-10,13H,11H2,1H3. The highest BCUT2D eigenvalue weighted by Crippen LogP contribution is 2.29. The maximum atomic E-state index is 5.98. The van der Waals surface area contributed by atoms with Crippen LogP contribution in [0.15, 0.2) is 54.6 Å². The van der Waals surface area contributed by atoms with Crippen LogP contribution in [0.5, 0.6) is 0 Å². The molecule has 0 aromatic heterocycles. The van der Waals surface area contributed by atoms with E-state index in [0.717, 1.165) is 0 Å². The summed E-state index contributed by atoms with van der Waals surface area (Å²) in [7, 11) is 0. The van der Waals surface area contributed by atoms with Gasteiger partial charge in [0.25, 0.3) is 0 Å². The van der Waals surface area contributed by atoms with Crippen LogP contribution in [0, 0.1) is 0 Å². The molecule has 0 N–H and O–H groups in total. The predicted octanol–water partition coefficient (Wildman–Crippen LogP) is 3.85. The van der Waals surface area contributed by atoms with Crippen molar-refractivity contribution in [1.29, 1.82) is 0 Å². The van der Waals surface area contributed by atoms with Gasteiger partial charge < -0.3 is 4.74 Å². The van der Waals surface area contributed by atoms with Crippen molar-refractivity contribution < 1.29 is 4.74 Å². The molecule has 0 heterocycles. The maximum Gasteiger partial charge on any atom is 0.100 e. The monoisotopic (exact) mass is 278 g/mol. The van der Waals surface area contributed by atoms with Crippen LogP contribution in [0.1, 0.15) is 12.5 Å². The van der Waals surface area contributed by atoms with Gasteiger partial charge in [0.1, 0.15) is 5.60 Å². The van der Waals surface area contributed by atoms with E-state index in [1.807, 2.05) is 30.4 Å². The third-order valence-electron chi connectivity index (χ3n) is 2.76. The van der Waals surface area contributed by atoms with Gasteiger partial charge in [-0.3, -0.25) is 0 Å². The van der Waals surface area contributed by atoms with Crippen LogP contribution in [-0.4, -0.2) is 10.4 Å². The molecule has 0 spiro atoms. The molecule has 84 valence electrons. The second kappa shape index (κ2) is 4.98. The highest BCUT2D eigenvalue weighted by atomic mass is 79.9. The first-order valence-corrected chi connectivity index (χ1v) is 6.30. The van der Waals surface area contributed by atoms with Crippen LogP contribution in [0.3, 0.4) is 0 Å². The Hall–Kier alpha value is -0.860. The van der Waals surface area contributed by atoms with Gasteiger partial charge in [0, 0.05) is 0 Å². The van der Waals surface area contributed by atoms with Crippen LogP contribution >= 0.6 is 15.9 Å². The number of hydrogen-bond acceptors (Lipinski definition) is 1. The average molecular weight is 279 g/mol. The minimum atomic E-state index is -0.259. The van der Waals surface area contributed by atoms with Crippen molar-refractivity contribution in [1.82, 2.24) is 0 Å². The molecule has 1 aliphatic rings. The summed E-state index contributed by atoms with van der Waals surface area (Å²) in [6.07, 6.45) is 8.26. The first kappa shape index (κ1) is 11.6. The number of rotatable bonds is 3. The molecule has 2 atom stereocenters. The molecule has 16 heavy (non-hydrogen) atoms. The van der Waals surface area contributed by atoms with Crippen molar-refractivity contribution >= 4 is 15.9 Å². The molecular formula is C14H15BrO. The molecule has 1 aromatic rings. The van der Waals surface area contributed by atoms with Crippen LogP contribution < -0.4 is 0 Å². The van der Waals surface area contributed by atoms with Crippen molar-refractivity contribution in [2.45, 2.75) is 24.0 Å². The summed E-state index contributed by atoms with van der Waals surface area (Å²) in [5.41, 5.74) is 0.941. The molecule has 1 nitrogen and oxygen atoms in total. The third-order valence-corrected chi connectivity index (χ3v) is 3.97. The zero-order valence-corrected chi connectivity index (χ0v) is 10.9. The third kappa shape index (κ3) is 2.63. The molecule has 1 aliphatic carbocycles. The number of halogens is 1. The lowest BCUT2D eigenvalue weighted by molar-refractivity contribution is -0.000326. The van der Waals surface area contributed by atoms with E-state index in [1.165, 1.54) is 5.56 Å². The Bertz CT molecular complexity index is 396. The fraction of sp³-hybridized carbons (Fsp3) is 0.286. The summed E-state index contributed by atoms with van der Waals surface area (Å²) in [4.78, 5) is 0.230. The minimum Gasteiger partial charge on any atom is -0.365 e. The number of ether oxygens (including phenoxy) is 1. The largest absolute Gasteiger partial charge is 0.365 e. The zero-order chi connectivity index (χ0) is 11.4. The topological polar surface area (TPSA) is 9.23 Å². The van der Waals surface area contributed by atoms with Gasteiger partial charge in [-0.05, 0) is 12.5 Å². The summed E-state index contributed by atoms with van der Waals surface area (Å²) in [6.45, 7) is 2.73. The Morgan fingerprint density at radius 1 is 1.25 bits per heavy atom. The van der Waals surface area contributed by atoms with Gasteiger partial charge >= 0.3 is 0 Å². The summed E-state index contributed by atoms with van der Waals surface area (Å²) in [6, 6.07) is 10.2. The van der Waals surface area contributed by atoms with Crippen molar-refractivity contribution in [3.63, 3.8) is 0 Å². The van der Waals surface area contributed by atoms with Crippen molar-refractivity contribution in [3.8, 4) is 0 Å². The molecule has 0 saturated carbocycles. The Kier molecular flexibility index (Phi) is 3.62. The molecule has 0 saturated heterocycles. The minimum absolute atomic E-state index is 0.230. The lowest BCUT2D eigenvalue weighted by atomic mass is 9.97. The van der Waals surface area contributed by atoms with Crippen molar-refractivity contribution in [2.24, 2.45) is 0 Å².